The number of allylic oxidation sites excluding steroid dienone is 1. The third-order valence-electron chi connectivity index (χ3n) is 9.39. The van der Waals surface area contributed by atoms with Gasteiger partial charge >= 0.3 is 0 Å². The SMILES string of the molecule is CC12CCC3C4CCC(O)CC4=CCC3C1CCC2C(=O)CN1CCCC1. The fourth-order valence-electron chi connectivity index (χ4n) is 8.05. The van der Waals surface area contributed by atoms with Crippen LogP contribution in [0.2, 0.25) is 0 Å². The zero-order valence-electron chi connectivity index (χ0n) is 17.0. The first kappa shape index (κ1) is 18.4. The van der Waals surface area contributed by atoms with E-state index in [0.717, 1.165) is 56.0 Å². The van der Waals surface area contributed by atoms with E-state index < -0.39 is 0 Å². The lowest BCUT2D eigenvalue weighted by atomic mass is 9.51. The maximum Gasteiger partial charge on any atom is 0.150 e. The van der Waals surface area contributed by atoms with Crippen molar-refractivity contribution in [2.24, 2.45) is 35.0 Å². The second kappa shape index (κ2) is 6.99. The van der Waals surface area contributed by atoms with E-state index in [2.05, 4.69) is 17.9 Å². The monoisotopic (exact) mass is 371 g/mol. The van der Waals surface area contributed by atoms with Crippen molar-refractivity contribution >= 4 is 5.78 Å². The molecule has 150 valence electrons. The Balaban J connectivity index is 1.32. The molecule has 1 heterocycles. The minimum atomic E-state index is -0.100. The van der Waals surface area contributed by atoms with Gasteiger partial charge < -0.3 is 5.11 Å². The predicted molar refractivity (Wildman–Crippen MR) is 107 cm³/mol. The summed E-state index contributed by atoms with van der Waals surface area (Å²) in [4.78, 5) is 15.6. The van der Waals surface area contributed by atoms with Gasteiger partial charge in [-0.2, -0.15) is 0 Å². The molecule has 4 aliphatic carbocycles. The van der Waals surface area contributed by atoms with E-state index in [9.17, 15) is 9.90 Å². The Morgan fingerprint density at radius 3 is 2.78 bits per heavy atom. The molecule has 0 amide bonds. The molecule has 3 nitrogen and oxygen atoms in total. The van der Waals surface area contributed by atoms with Crippen molar-refractivity contribution in [3.8, 4) is 0 Å². The summed E-state index contributed by atoms with van der Waals surface area (Å²) in [5.74, 6) is 3.95. The van der Waals surface area contributed by atoms with Crippen LogP contribution in [0.3, 0.4) is 0 Å². The van der Waals surface area contributed by atoms with Crippen molar-refractivity contribution in [3.05, 3.63) is 11.6 Å². The highest BCUT2D eigenvalue weighted by Gasteiger charge is 2.57. The molecule has 7 unspecified atom stereocenters. The van der Waals surface area contributed by atoms with E-state index in [4.69, 9.17) is 0 Å². The van der Waals surface area contributed by atoms with Crippen molar-refractivity contribution in [1.29, 1.82) is 0 Å². The Bertz CT molecular complexity index is 622. The number of likely N-dealkylation sites (tertiary alicyclic amines) is 1. The van der Waals surface area contributed by atoms with Gasteiger partial charge in [-0.15, -0.1) is 0 Å². The normalized spacial score (nSPS) is 47.1. The van der Waals surface area contributed by atoms with Crippen LogP contribution in [0.4, 0.5) is 0 Å². The van der Waals surface area contributed by atoms with Gasteiger partial charge in [0.15, 0.2) is 0 Å². The molecular formula is C24H37NO2. The average molecular weight is 372 g/mol. The molecular weight excluding hydrogens is 334 g/mol. The van der Waals surface area contributed by atoms with Crippen molar-refractivity contribution in [2.45, 2.75) is 77.2 Å². The van der Waals surface area contributed by atoms with E-state index in [1.54, 1.807) is 5.57 Å². The summed E-state index contributed by atoms with van der Waals surface area (Å²) in [6.07, 6.45) is 14.2. The van der Waals surface area contributed by atoms with E-state index >= 15 is 0 Å². The number of aliphatic hydroxyl groups is 1. The Kier molecular flexibility index (Phi) is 4.75. The molecule has 1 N–H and O–H groups in total. The number of hydrogen-bond acceptors (Lipinski definition) is 3. The predicted octanol–water partition coefficient (Wildman–Crippen LogP) is 4.20. The number of Topliss-reactive ketones (excluding diaryl/α,β-unsaturated/α-hetero) is 1. The Morgan fingerprint density at radius 2 is 1.96 bits per heavy atom. The van der Waals surface area contributed by atoms with Gasteiger partial charge in [-0.1, -0.05) is 18.6 Å². The van der Waals surface area contributed by atoms with Crippen LogP contribution in [0.5, 0.6) is 0 Å². The van der Waals surface area contributed by atoms with E-state index in [1.165, 1.54) is 44.9 Å². The molecule has 5 aliphatic rings. The van der Waals surface area contributed by atoms with Crippen molar-refractivity contribution in [2.75, 3.05) is 19.6 Å². The molecule has 0 aromatic rings. The number of aliphatic hydroxyl groups excluding tert-OH is 1. The molecule has 1 aliphatic heterocycles. The number of rotatable bonds is 3. The van der Waals surface area contributed by atoms with Crippen LogP contribution in [0, 0.1) is 35.0 Å². The summed E-state index contributed by atoms with van der Waals surface area (Å²) in [7, 11) is 0. The topological polar surface area (TPSA) is 40.5 Å². The minimum absolute atomic E-state index is 0.100. The first-order valence-electron chi connectivity index (χ1n) is 11.7. The molecule has 0 radical (unpaired) electrons. The minimum Gasteiger partial charge on any atom is -0.393 e. The van der Waals surface area contributed by atoms with Crippen molar-refractivity contribution in [3.63, 3.8) is 0 Å². The quantitative estimate of drug-likeness (QED) is 0.756. The van der Waals surface area contributed by atoms with Gasteiger partial charge in [-0.05, 0) is 106 Å². The van der Waals surface area contributed by atoms with Gasteiger partial charge in [0.2, 0.25) is 0 Å². The van der Waals surface area contributed by atoms with Crippen LogP contribution in [0.1, 0.15) is 71.1 Å². The van der Waals surface area contributed by atoms with Crippen LogP contribution in [0.25, 0.3) is 0 Å². The first-order chi connectivity index (χ1) is 13.1. The summed E-state index contributed by atoms with van der Waals surface area (Å²) in [5, 5.41) is 10.1. The molecule has 4 fully saturated rings. The van der Waals surface area contributed by atoms with Crippen LogP contribution in [-0.2, 0) is 4.79 Å². The number of ketones is 1. The molecule has 3 saturated carbocycles. The highest BCUT2D eigenvalue weighted by Crippen LogP contribution is 2.63. The van der Waals surface area contributed by atoms with Crippen molar-refractivity contribution in [1.82, 2.24) is 4.90 Å². The lowest BCUT2D eigenvalue weighted by Gasteiger charge is -2.53. The smallest absolute Gasteiger partial charge is 0.150 e. The number of carbonyl (C=O) groups excluding carboxylic acids is 1. The lowest BCUT2D eigenvalue weighted by Crippen LogP contribution is -2.48. The number of nitrogens with zero attached hydrogens (tertiary/aromatic N) is 1. The van der Waals surface area contributed by atoms with Crippen LogP contribution in [0.15, 0.2) is 11.6 Å². The zero-order valence-corrected chi connectivity index (χ0v) is 17.0. The summed E-state index contributed by atoms with van der Waals surface area (Å²) in [6.45, 7) is 5.44. The first-order valence-corrected chi connectivity index (χ1v) is 11.7. The summed E-state index contributed by atoms with van der Waals surface area (Å²) in [5.41, 5.74) is 1.82. The fraction of sp³-hybridized carbons (Fsp3) is 0.875. The van der Waals surface area contributed by atoms with Crippen LogP contribution >= 0.6 is 0 Å². The highest BCUT2D eigenvalue weighted by atomic mass is 16.3. The molecule has 3 heteroatoms. The number of carbonyl (C=O) groups is 1. The zero-order chi connectivity index (χ0) is 18.6. The van der Waals surface area contributed by atoms with Gasteiger partial charge in [-0.3, -0.25) is 9.69 Å². The van der Waals surface area contributed by atoms with E-state index in [0.29, 0.717) is 18.2 Å². The molecule has 27 heavy (non-hydrogen) atoms. The Hall–Kier alpha value is -0.670. The van der Waals surface area contributed by atoms with E-state index in [1.807, 2.05) is 0 Å². The second-order valence-corrected chi connectivity index (χ2v) is 10.6. The molecule has 1 saturated heterocycles. The number of fused-ring (bicyclic) bond motifs is 5. The fourth-order valence-corrected chi connectivity index (χ4v) is 8.05. The second-order valence-electron chi connectivity index (χ2n) is 10.6. The summed E-state index contributed by atoms with van der Waals surface area (Å²) >= 11 is 0. The number of hydrogen-bond donors (Lipinski definition) is 1. The maximum atomic E-state index is 13.2. The summed E-state index contributed by atoms with van der Waals surface area (Å²) in [6, 6.07) is 0. The summed E-state index contributed by atoms with van der Waals surface area (Å²) < 4.78 is 0. The van der Waals surface area contributed by atoms with Gasteiger partial charge in [0.1, 0.15) is 5.78 Å². The molecule has 0 aromatic carbocycles. The van der Waals surface area contributed by atoms with Crippen molar-refractivity contribution < 1.29 is 9.90 Å². The van der Waals surface area contributed by atoms with Gasteiger partial charge in [0.25, 0.3) is 0 Å². The van der Waals surface area contributed by atoms with Gasteiger partial charge in [0.05, 0.1) is 12.6 Å². The highest BCUT2D eigenvalue weighted by molar-refractivity contribution is 5.84. The molecule has 0 bridgehead atoms. The molecule has 0 aromatic heterocycles. The maximum absolute atomic E-state index is 13.2. The largest absolute Gasteiger partial charge is 0.393 e. The average Bonchev–Trinajstić information content (AvgIpc) is 3.28. The van der Waals surface area contributed by atoms with Crippen LogP contribution in [-0.4, -0.2) is 41.5 Å². The standard InChI is InChI=1S/C24H37NO2/c1-24-11-10-19-18-7-5-17(26)14-16(18)4-6-20(19)21(24)8-9-22(24)23(27)15-25-12-2-3-13-25/h4,17-22,26H,2-3,5-15H2,1H3. The lowest BCUT2D eigenvalue weighted by molar-refractivity contribution is -0.129. The van der Waals surface area contributed by atoms with Gasteiger partial charge in [0, 0.05) is 5.92 Å². The Labute approximate surface area is 164 Å². The molecule has 0 spiro atoms. The van der Waals surface area contributed by atoms with Crippen LogP contribution < -0.4 is 0 Å². The molecule has 5 rings (SSSR count). The third-order valence-corrected chi connectivity index (χ3v) is 9.39. The van der Waals surface area contributed by atoms with E-state index in [-0.39, 0.29) is 11.5 Å². The Morgan fingerprint density at radius 1 is 1.15 bits per heavy atom. The van der Waals surface area contributed by atoms with Gasteiger partial charge in [-0.25, -0.2) is 0 Å². The third kappa shape index (κ3) is 3.04. The molecule has 7 atom stereocenters.